The van der Waals surface area contributed by atoms with Gasteiger partial charge < -0.3 is 9.47 Å². The fourth-order valence-electron chi connectivity index (χ4n) is 2.56. The highest BCUT2D eigenvalue weighted by Gasteiger charge is 2.15. The zero-order valence-corrected chi connectivity index (χ0v) is 19.4. The minimum Gasteiger partial charge on any atom is -0.493 e. The molecule has 3 N–H and O–H groups in total. The molecule has 0 heterocycles. The zero-order valence-electron chi connectivity index (χ0n) is 17.0. The SMILES string of the molecule is CCOc1ccc(Br)cc1C(=O)NC(=S)NNC(=O)COc1ccccc1C(C)C. The quantitative estimate of drug-likeness (QED) is 0.402. The normalized spacial score (nSPS) is 10.3. The van der Waals surface area contributed by atoms with Gasteiger partial charge in [0, 0.05) is 4.47 Å². The average Bonchev–Trinajstić information content (AvgIpc) is 2.72. The van der Waals surface area contributed by atoms with Gasteiger partial charge in [-0.25, -0.2) is 0 Å². The van der Waals surface area contributed by atoms with E-state index in [0.29, 0.717) is 23.7 Å². The summed E-state index contributed by atoms with van der Waals surface area (Å²) >= 11 is 8.40. The fraction of sp³-hybridized carbons (Fsp3) is 0.286. The van der Waals surface area contributed by atoms with E-state index in [1.807, 2.05) is 45.0 Å². The van der Waals surface area contributed by atoms with Crippen molar-refractivity contribution in [2.45, 2.75) is 26.7 Å². The largest absolute Gasteiger partial charge is 0.493 e. The van der Waals surface area contributed by atoms with E-state index in [-0.39, 0.29) is 17.6 Å². The van der Waals surface area contributed by atoms with Crippen molar-refractivity contribution in [3.63, 3.8) is 0 Å². The number of benzene rings is 2. The molecule has 0 radical (unpaired) electrons. The molecule has 0 aliphatic carbocycles. The molecule has 0 fully saturated rings. The number of thiocarbonyl (C=S) groups is 1. The van der Waals surface area contributed by atoms with Crippen LogP contribution in [0.1, 0.15) is 42.6 Å². The fourth-order valence-corrected chi connectivity index (χ4v) is 3.06. The molecule has 0 aliphatic heterocycles. The molecule has 7 nitrogen and oxygen atoms in total. The molecule has 2 rings (SSSR count). The second-order valence-electron chi connectivity index (χ2n) is 6.51. The number of hydrogen-bond acceptors (Lipinski definition) is 5. The van der Waals surface area contributed by atoms with E-state index in [1.165, 1.54) is 0 Å². The number of hydrogen-bond donors (Lipinski definition) is 3. The number of halogens is 1. The van der Waals surface area contributed by atoms with Gasteiger partial charge in [-0.15, -0.1) is 0 Å². The lowest BCUT2D eigenvalue weighted by molar-refractivity contribution is -0.123. The van der Waals surface area contributed by atoms with Crippen LogP contribution in [0.3, 0.4) is 0 Å². The topological polar surface area (TPSA) is 88.7 Å². The maximum absolute atomic E-state index is 12.5. The number of hydrazine groups is 1. The number of carbonyl (C=O) groups excluding carboxylic acids is 2. The summed E-state index contributed by atoms with van der Waals surface area (Å²) in [4.78, 5) is 24.5. The summed E-state index contributed by atoms with van der Waals surface area (Å²) < 4.78 is 11.8. The van der Waals surface area contributed by atoms with Crippen LogP contribution >= 0.6 is 28.1 Å². The first-order valence-corrected chi connectivity index (χ1v) is 10.6. The lowest BCUT2D eigenvalue weighted by atomic mass is 10.0. The van der Waals surface area contributed by atoms with E-state index in [4.69, 9.17) is 21.7 Å². The molecule has 2 aromatic carbocycles. The van der Waals surface area contributed by atoms with Crippen LogP contribution in [0.5, 0.6) is 11.5 Å². The maximum atomic E-state index is 12.5. The summed E-state index contributed by atoms with van der Waals surface area (Å²) in [7, 11) is 0. The Hall–Kier alpha value is -2.65. The summed E-state index contributed by atoms with van der Waals surface area (Å²) in [6.07, 6.45) is 0. The van der Waals surface area contributed by atoms with Gasteiger partial charge in [-0.2, -0.15) is 0 Å². The maximum Gasteiger partial charge on any atom is 0.276 e. The molecule has 0 aliphatic rings. The van der Waals surface area contributed by atoms with E-state index in [2.05, 4.69) is 32.1 Å². The number of para-hydroxylation sites is 1. The summed E-state index contributed by atoms with van der Waals surface area (Å²) in [5.41, 5.74) is 6.22. The van der Waals surface area contributed by atoms with Gasteiger partial charge in [0.05, 0.1) is 12.2 Å². The number of ether oxygens (including phenoxy) is 2. The van der Waals surface area contributed by atoms with E-state index in [0.717, 1.165) is 10.0 Å². The Morgan fingerprint density at radius 1 is 1.07 bits per heavy atom. The molecule has 0 bridgehead atoms. The molecule has 2 amide bonds. The lowest BCUT2D eigenvalue weighted by Gasteiger charge is -2.15. The van der Waals surface area contributed by atoms with E-state index in [1.54, 1.807) is 18.2 Å². The summed E-state index contributed by atoms with van der Waals surface area (Å²) in [6.45, 7) is 6.14. The van der Waals surface area contributed by atoms with Gasteiger partial charge in [-0.05, 0) is 54.9 Å². The Kier molecular flexibility index (Phi) is 9.07. The van der Waals surface area contributed by atoms with Crippen LogP contribution in [0.25, 0.3) is 0 Å². The Morgan fingerprint density at radius 3 is 2.50 bits per heavy atom. The monoisotopic (exact) mass is 493 g/mol. The number of carbonyl (C=O) groups is 2. The first-order chi connectivity index (χ1) is 14.3. The smallest absolute Gasteiger partial charge is 0.276 e. The highest BCUT2D eigenvalue weighted by Crippen LogP contribution is 2.25. The van der Waals surface area contributed by atoms with Gasteiger partial charge in [0.25, 0.3) is 11.8 Å². The minimum atomic E-state index is -0.464. The first kappa shape index (κ1) is 23.6. The number of amides is 2. The molecule has 2 aromatic rings. The Morgan fingerprint density at radius 2 is 1.80 bits per heavy atom. The molecule has 0 spiro atoms. The van der Waals surface area contributed by atoms with Gasteiger partial charge >= 0.3 is 0 Å². The molecule has 0 atom stereocenters. The Bertz CT molecular complexity index is 921. The molecule has 9 heteroatoms. The first-order valence-electron chi connectivity index (χ1n) is 9.36. The van der Waals surface area contributed by atoms with Crippen LogP contribution < -0.4 is 25.6 Å². The predicted molar refractivity (Wildman–Crippen MR) is 123 cm³/mol. The third-order valence-electron chi connectivity index (χ3n) is 3.93. The molecule has 0 saturated carbocycles. The van der Waals surface area contributed by atoms with E-state index < -0.39 is 11.8 Å². The Balaban J connectivity index is 1.85. The zero-order chi connectivity index (χ0) is 22.1. The highest BCUT2D eigenvalue weighted by atomic mass is 79.9. The molecular weight excluding hydrogens is 470 g/mol. The van der Waals surface area contributed by atoms with Crippen LogP contribution in [-0.4, -0.2) is 30.1 Å². The van der Waals surface area contributed by atoms with Crippen LogP contribution in [0.2, 0.25) is 0 Å². The molecule has 30 heavy (non-hydrogen) atoms. The molecule has 160 valence electrons. The lowest BCUT2D eigenvalue weighted by Crippen LogP contribution is -2.49. The van der Waals surface area contributed by atoms with Crippen molar-refractivity contribution in [1.29, 1.82) is 0 Å². The van der Waals surface area contributed by atoms with Crippen LogP contribution in [0.4, 0.5) is 0 Å². The molecular formula is C21H24BrN3O4S. The Labute approximate surface area is 189 Å². The summed E-state index contributed by atoms with van der Waals surface area (Å²) in [5.74, 6) is 0.444. The van der Waals surface area contributed by atoms with Crippen molar-refractivity contribution in [2.24, 2.45) is 0 Å². The number of rotatable bonds is 7. The van der Waals surface area contributed by atoms with Crippen molar-refractivity contribution >= 4 is 45.1 Å². The number of nitrogens with one attached hydrogen (secondary N) is 3. The molecule has 0 unspecified atom stereocenters. The second-order valence-corrected chi connectivity index (χ2v) is 7.84. The third-order valence-corrected chi connectivity index (χ3v) is 4.63. The van der Waals surface area contributed by atoms with Crippen LogP contribution in [0, 0.1) is 0 Å². The predicted octanol–water partition coefficient (Wildman–Crippen LogP) is 3.69. The van der Waals surface area contributed by atoms with Gasteiger partial charge in [0.15, 0.2) is 11.7 Å². The summed E-state index contributed by atoms with van der Waals surface area (Å²) in [5, 5.41) is 2.44. The van der Waals surface area contributed by atoms with Crippen LogP contribution in [0.15, 0.2) is 46.9 Å². The van der Waals surface area contributed by atoms with Crippen molar-refractivity contribution in [2.75, 3.05) is 13.2 Å². The van der Waals surface area contributed by atoms with Crippen LogP contribution in [-0.2, 0) is 4.79 Å². The standard InChI is InChI=1S/C21H24BrN3O4S/c1-4-28-18-10-9-14(22)11-16(18)20(27)23-21(30)25-24-19(26)12-29-17-8-6-5-7-15(17)13(2)3/h5-11,13H,4,12H2,1-3H3,(H,24,26)(H2,23,25,27,30). The van der Waals surface area contributed by atoms with Gasteiger partial charge in [-0.3, -0.25) is 25.8 Å². The van der Waals surface area contributed by atoms with Crippen molar-refractivity contribution in [3.05, 3.63) is 58.1 Å². The summed E-state index contributed by atoms with van der Waals surface area (Å²) in [6, 6.07) is 12.6. The van der Waals surface area contributed by atoms with Gasteiger partial charge in [-0.1, -0.05) is 48.0 Å². The molecule has 0 aromatic heterocycles. The molecule has 0 saturated heterocycles. The van der Waals surface area contributed by atoms with Crippen molar-refractivity contribution in [3.8, 4) is 11.5 Å². The van der Waals surface area contributed by atoms with Gasteiger partial charge in [0.1, 0.15) is 11.5 Å². The average molecular weight is 494 g/mol. The van der Waals surface area contributed by atoms with Crippen molar-refractivity contribution < 1.29 is 19.1 Å². The van der Waals surface area contributed by atoms with E-state index >= 15 is 0 Å². The van der Waals surface area contributed by atoms with Crippen molar-refractivity contribution in [1.82, 2.24) is 16.2 Å². The van der Waals surface area contributed by atoms with Gasteiger partial charge in [0.2, 0.25) is 0 Å². The third kappa shape index (κ3) is 7.00. The minimum absolute atomic E-state index is 0.0571. The van der Waals surface area contributed by atoms with E-state index in [9.17, 15) is 9.59 Å². The second kappa shape index (κ2) is 11.5. The highest BCUT2D eigenvalue weighted by molar-refractivity contribution is 9.10.